The SMILES string of the molecule is CC(C)=CC[C@@H](OC(=O)/C=C/C(=O)N1CCc2ccccc2C1)C1=CC(=O)c2c(O)ccc(O)c2C1=O. The summed E-state index contributed by atoms with van der Waals surface area (Å²) in [5.74, 6) is -3.50. The van der Waals surface area contributed by atoms with Gasteiger partial charge in [0.1, 0.15) is 17.6 Å². The number of amides is 1. The van der Waals surface area contributed by atoms with Crippen molar-refractivity contribution in [2.24, 2.45) is 0 Å². The molecule has 0 saturated heterocycles. The molecular formula is C29H27NO7. The number of benzene rings is 2. The molecule has 0 spiro atoms. The van der Waals surface area contributed by atoms with E-state index in [1.165, 1.54) is 5.56 Å². The average Bonchev–Trinajstić information content (AvgIpc) is 2.88. The lowest BCUT2D eigenvalue weighted by atomic mass is 9.85. The van der Waals surface area contributed by atoms with Crippen LogP contribution in [0.3, 0.4) is 0 Å². The van der Waals surface area contributed by atoms with Gasteiger partial charge in [-0.1, -0.05) is 35.9 Å². The molecule has 1 aliphatic carbocycles. The van der Waals surface area contributed by atoms with Crippen LogP contribution in [0.2, 0.25) is 0 Å². The maximum absolute atomic E-state index is 13.2. The third kappa shape index (κ3) is 5.53. The summed E-state index contributed by atoms with van der Waals surface area (Å²) < 4.78 is 5.51. The molecule has 0 bridgehead atoms. The number of phenolic OH excluding ortho intramolecular Hbond substituents is 2. The van der Waals surface area contributed by atoms with E-state index in [0.717, 1.165) is 47.9 Å². The van der Waals surface area contributed by atoms with E-state index < -0.39 is 35.1 Å². The third-order valence-corrected chi connectivity index (χ3v) is 6.33. The summed E-state index contributed by atoms with van der Waals surface area (Å²) in [7, 11) is 0. The highest BCUT2D eigenvalue weighted by molar-refractivity contribution is 6.27. The topological polar surface area (TPSA) is 121 Å². The highest BCUT2D eigenvalue weighted by Crippen LogP contribution is 2.36. The zero-order valence-corrected chi connectivity index (χ0v) is 20.6. The molecule has 8 nitrogen and oxygen atoms in total. The summed E-state index contributed by atoms with van der Waals surface area (Å²) in [5, 5.41) is 20.3. The number of rotatable bonds is 6. The van der Waals surface area contributed by atoms with Crippen molar-refractivity contribution < 1.29 is 34.1 Å². The third-order valence-electron chi connectivity index (χ3n) is 6.33. The summed E-state index contributed by atoms with van der Waals surface area (Å²) in [6.07, 6.45) is 4.57. The number of carbonyl (C=O) groups excluding carboxylic acids is 4. The smallest absolute Gasteiger partial charge is 0.331 e. The number of hydrogen-bond acceptors (Lipinski definition) is 7. The van der Waals surface area contributed by atoms with Gasteiger partial charge in [-0.05, 0) is 49.6 Å². The van der Waals surface area contributed by atoms with E-state index >= 15 is 0 Å². The Bertz CT molecular complexity index is 1380. The molecule has 0 aromatic heterocycles. The lowest BCUT2D eigenvalue weighted by Crippen LogP contribution is -2.35. The van der Waals surface area contributed by atoms with Gasteiger partial charge in [-0.2, -0.15) is 0 Å². The van der Waals surface area contributed by atoms with Crippen LogP contribution in [0.15, 0.2) is 71.8 Å². The van der Waals surface area contributed by atoms with Crippen molar-refractivity contribution in [1.29, 1.82) is 0 Å². The van der Waals surface area contributed by atoms with Crippen LogP contribution in [0.4, 0.5) is 0 Å². The molecule has 0 fully saturated rings. The monoisotopic (exact) mass is 501 g/mol. The molecule has 0 radical (unpaired) electrons. The van der Waals surface area contributed by atoms with Gasteiger partial charge in [0.25, 0.3) is 0 Å². The van der Waals surface area contributed by atoms with Gasteiger partial charge >= 0.3 is 5.97 Å². The van der Waals surface area contributed by atoms with Crippen LogP contribution >= 0.6 is 0 Å². The average molecular weight is 502 g/mol. The number of allylic oxidation sites excluding steroid dienone is 2. The van der Waals surface area contributed by atoms with Crippen molar-refractivity contribution in [1.82, 2.24) is 4.90 Å². The van der Waals surface area contributed by atoms with E-state index in [1.54, 1.807) is 11.0 Å². The number of ether oxygens (including phenoxy) is 1. The van der Waals surface area contributed by atoms with Crippen LogP contribution in [0.1, 0.15) is 52.1 Å². The first-order valence-electron chi connectivity index (χ1n) is 11.9. The van der Waals surface area contributed by atoms with Crippen LogP contribution < -0.4 is 0 Å². The lowest BCUT2D eigenvalue weighted by molar-refractivity contribution is -0.141. The van der Waals surface area contributed by atoms with Crippen molar-refractivity contribution in [3.63, 3.8) is 0 Å². The van der Waals surface area contributed by atoms with Crippen LogP contribution in [-0.2, 0) is 27.3 Å². The number of hydrogen-bond donors (Lipinski definition) is 2. The Hall–Kier alpha value is -4.46. The molecule has 0 saturated carbocycles. The molecule has 1 amide bonds. The van der Waals surface area contributed by atoms with Gasteiger partial charge in [-0.15, -0.1) is 0 Å². The van der Waals surface area contributed by atoms with Crippen LogP contribution in [0, 0.1) is 0 Å². The minimum atomic E-state index is -1.14. The van der Waals surface area contributed by atoms with E-state index in [0.29, 0.717) is 13.1 Å². The Morgan fingerprint density at radius 1 is 1.00 bits per heavy atom. The van der Waals surface area contributed by atoms with Crippen molar-refractivity contribution in [3.05, 3.63) is 94.1 Å². The number of ketones is 2. The number of esters is 1. The van der Waals surface area contributed by atoms with E-state index in [1.807, 2.05) is 38.1 Å². The molecule has 37 heavy (non-hydrogen) atoms. The van der Waals surface area contributed by atoms with E-state index in [2.05, 4.69) is 0 Å². The normalized spacial score (nSPS) is 15.5. The summed E-state index contributed by atoms with van der Waals surface area (Å²) in [6.45, 7) is 4.62. The zero-order chi connectivity index (χ0) is 26.7. The number of aromatic hydroxyl groups is 2. The Morgan fingerprint density at radius 3 is 2.38 bits per heavy atom. The Kier molecular flexibility index (Phi) is 7.38. The van der Waals surface area contributed by atoms with Crippen molar-refractivity contribution in [3.8, 4) is 11.5 Å². The summed E-state index contributed by atoms with van der Waals surface area (Å²) >= 11 is 0. The largest absolute Gasteiger partial charge is 0.507 e. The minimum Gasteiger partial charge on any atom is -0.507 e. The molecular weight excluding hydrogens is 474 g/mol. The lowest BCUT2D eigenvalue weighted by Gasteiger charge is -2.27. The van der Waals surface area contributed by atoms with Crippen molar-refractivity contribution >= 4 is 23.4 Å². The van der Waals surface area contributed by atoms with Gasteiger partial charge < -0.3 is 19.8 Å². The molecule has 1 heterocycles. The molecule has 2 aromatic rings. The Labute approximate surface area is 214 Å². The van der Waals surface area contributed by atoms with Gasteiger partial charge in [0.2, 0.25) is 5.91 Å². The number of nitrogens with zero attached hydrogens (tertiary/aromatic N) is 1. The number of carbonyl (C=O) groups is 4. The summed E-state index contributed by atoms with van der Waals surface area (Å²) in [4.78, 5) is 52.9. The predicted octanol–water partition coefficient (Wildman–Crippen LogP) is 3.81. The van der Waals surface area contributed by atoms with Gasteiger partial charge in [0, 0.05) is 37.2 Å². The maximum Gasteiger partial charge on any atom is 0.331 e. The molecule has 4 rings (SSSR count). The maximum atomic E-state index is 13.2. The fraction of sp³-hybridized carbons (Fsp3) is 0.241. The van der Waals surface area contributed by atoms with Gasteiger partial charge in [0.15, 0.2) is 11.6 Å². The minimum absolute atomic E-state index is 0.0958. The predicted molar refractivity (Wildman–Crippen MR) is 135 cm³/mol. The van der Waals surface area contributed by atoms with E-state index in [-0.39, 0.29) is 29.0 Å². The summed E-state index contributed by atoms with van der Waals surface area (Å²) in [5.41, 5.74) is 2.39. The standard InChI is InChI=1S/C29H27NO7/c1-17(2)7-10-24(20-15-23(33)27-21(31)8-9-22(32)28(27)29(20)36)37-26(35)12-11-25(34)30-14-13-18-5-3-4-6-19(18)16-30/h3-9,11-12,15,24,31-32H,10,13-14,16H2,1-2H3/b12-11+/t24-/m1/s1. The second-order valence-electron chi connectivity index (χ2n) is 9.20. The molecule has 1 atom stereocenters. The number of Topliss-reactive ketones (excluding diaryl/α,β-unsaturated/α-hetero) is 1. The van der Waals surface area contributed by atoms with Crippen molar-refractivity contribution in [2.75, 3.05) is 6.54 Å². The fourth-order valence-corrected chi connectivity index (χ4v) is 4.41. The first kappa shape index (κ1) is 25.6. The molecule has 2 aliphatic rings. The molecule has 2 aromatic carbocycles. The molecule has 190 valence electrons. The van der Waals surface area contributed by atoms with Crippen LogP contribution in [0.25, 0.3) is 0 Å². The van der Waals surface area contributed by atoms with E-state index in [4.69, 9.17) is 4.74 Å². The highest BCUT2D eigenvalue weighted by atomic mass is 16.5. The first-order chi connectivity index (χ1) is 17.7. The van der Waals surface area contributed by atoms with Crippen molar-refractivity contribution in [2.45, 2.75) is 39.3 Å². The second-order valence-corrected chi connectivity index (χ2v) is 9.20. The quantitative estimate of drug-likeness (QED) is 0.267. The molecule has 2 N–H and O–H groups in total. The molecule has 0 unspecified atom stereocenters. The van der Waals surface area contributed by atoms with Gasteiger partial charge in [0.05, 0.1) is 11.1 Å². The molecule has 1 aliphatic heterocycles. The Morgan fingerprint density at radius 2 is 1.68 bits per heavy atom. The van der Waals surface area contributed by atoms with Crippen LogP contribution in [-0.4, -0.2) is 51.2 Å². The first-order valence-corrected chi connectivity index (χ1v) is 11.9. The highest BCUT2D eigenvalue weighted by Gasteiger charge is 2.35. The second kappa shape index (κ2) is 10.7. The van der Waals surface area contributed by atoms with Crippen LogP contribution in [0.5, 0.6) is 11.5 Å². The fourth-order valence-electron chi connectivity index (χ4n) is 4.41. The Balaban J connectivity index is 1.51. The zero-order valence-electron chi connectivity index (χ0n) is 20.6. The van der Waals surface area contributed by atoms with Gasteiger partial charge in [-0.25, -0.2) is 4.79 Å². The molecule has 8 heteroatoms. The summed E-state index contributed by atoms with van der Waals surface area (Å²) in [6, 6.07) is 10.1. The number of fused-ring (bicyclic) bond motifs is 2. The van der Waals surface area contributed by atoms with Gasteiger partial charge in [-0.3, -0.25) is 14.4 Å². The van der Waals surface area contributed by atoms with E-state index in [9.17, 15) is 29.4 Å². The number of phenols is 2.